The molecule has 166 valence electrons. The molecule has 9 heteroatoms. The Bertz CT molecular complexity index is 1350. The summed E-state index contributed by atoms with van der Waals surface area (Å²) in [5, 5.41) is 1.10. The monoisotopic (exact) mass is 442 g/mol. The molecule has 0 fully saturated rings. The zero-order valence-electron chi connectivity index (χ0n) is 17.8. The Morgan fingerprint density at radius 1 is 0.844 bits per heavy atom. The number of aryl methyl sites for hydroxylation is 2. The fourth-order valence-corrected chi connectivity index (χ4v) is 3.53. The smallest absolute Gasteiger partial charge is 0.355 e. The summed E-state index contributed by atoms with van der Waals surface area (Å²) in [7, 11) is 5.92. The highest BCUT2D eigenvalue weighted by atomic mass is 19.1. The van der Waals surface area contributed by atoms with Crippen molar-refractivity contribution in [1.29, 1.82) is 0 Å². The molecule has 0 saturated heterocycles. The molecule has 0 amide bonds. The van der Waals surface area contributed by atoms with Crippen LogP contribution in [0.5, 0.6) is 0 Å². The van der Waals surface area contributed by atoms with Gasteiger partial charge in [0.05, 0.1) is 19.8 Å². The van der Waals surface area contributed by atoms with Gasteiger partial charge < -0.3 is 18.6 Å². The van der Waals surface area contributed by atoms with Crippen molar-refractivity contribution in [2.75, 3.05) is 14.2 Å². The third kappa shape index (κ3) is 3.96. The van der Waals surface area contributed by atoms with Gasteiger partial charge >= 0.3 is 11.9 Å². The summed E-state index contributed by atoms with van der Waals surface area (Å²) in [4.78, 5) is 34.0. The second-order valence-corrected chi connectivity index (χ2v) is 6.88. The van der Waals surface area contributed by atoms with Gasteiger partial charge in [0.15, 0.2) is 6.29 Å². The first-order valence-electron chi connectivity index (χ1n) is 9.38. The summed E-state index contributed by atoms with van der Waals surface area (Å²) >= 11 is 0. The number of esters is 2. The molecule has 0 radical (unpaired) electrons. The molecule has 32 heavy (non-hydrogen) atoms. The number of nitrogens with zero attached hydrogens (tertiary/aromatic N) is 2. The molecule has 7 nitrogen and oxygen atoms in total. The van der Waals surface area contributed by atoms with E-state index in [-0.39, 0.29) is 17.1 Å². The van der Waals surface area contributed by atoms with Crippen molar-refractivity contribution >= 4 is 40.0 Å². The number of ether oxygens (including phenoxy) is 2. The van der Waals surface area contributed by atoms with E-state index in [0.29, 0.717) is 28.3 Å². The van der Waals surface area contributed by atoms with E-state index < -0.39 is 17.8 Å². The van der Waals surface area contributed by atoms with E-state index in [4.69, 9.17) is 0 Å². The van der Waals surface area contributed by atoms with Gasteiger partial charge in [0.1, 0.15) is 23.0 Å². The summed E-state index contributed by atoms with van der Waals surface area (Å²) < 4.78 is 38.5. The molecule has 2 aromatic heterocycles. The Balaban J connectivity index is 0.000000182. The summed E-state index contributed by atoms with van der Waals surface area (Å²) in [5.41, 5.74) is 2.10. The number of carbonyl (C=O) groups is 3. The predicted molar refractivity (Wildman–Crippen MR) is 114 cm³/mol. The van der Waals surface area contributed by atoms with Crippen molar-refractivity contribution in [3.8, 4) is 0 Å². The maximum atomic E-state index is 13.1. The molecule has 4 rings (SSSR count). The summed E-state index contributed by atoms with van der Waals surface area (Å²) in [5.74, 6) is -1.81. The molecule has 2 aromatic carbocycles. The van der Waals surface area contributed by atoms with Crippen LogP contribution in [0.25, 0.3) is 21.8 Å². The molecule has 0 unspecified atom stereocenters. The van der Waals surface area contributed by atoms with E-state index in [1.165, 1.54) is 49.1 Å². The molecule has 0 N–H and O–H groups in total. The van der Waals surface area contributed by atoms with Gasteiger partial charge in [-0.3, -0.25) is 4.79 Å². The maximum absolute atomic E-state index is 13.1. The van der Waals surface area contributed by atoms with Gasteiger partial charge in [-0.2, -0.15) is 0 Å². The third-order valence-electron chi connectivity index (χ3n) is 5.10. The Labute approximate surface area is 181 Å². The lowest BCUT2D eigenvalue weighted by molar-refractivity contribution is 0.0581. The maximum Gasteiger partial charge on any atom is 0.355 e. The molecule has 0 aliphatic heterocycles. The van der Waals surface area contributed by atoms with E-state index in [1.807, 2.05) is 0 Å². The van der Waals surface area contributed by atoms with Gasteiger partial charge in [-0.1, -0.05) is 0 Å². The van der Waals surface area contributed by atoms with Crippen LogP contribution in [0.2, 0.25) is 0 Å². The standard InChI is InChI=1S/C12H10FNO3.C11H10FNO2/c1-14-10-4-3-7(13)5-8(10)9(6-15)11(14)12(16)17-2;1-13-9-4-3-8(12)5-7(9)6-10(13)11(14)15-2/h3-6H,1-2H3;3-6H,1-2H3. The highest BCUT2D eigenvalue weighted by molar-refractivity contribution is 6.08. The van der Waals surface area contributed by atoms with E-state index in [1.54, 1.807) is 30.8 Å². The Morgan fingerprint density at radius 3 is 2.03 bits per heavy atom. The van der Waals surface area contributed by atoms with Gasteiger partial charge in [-0.15, -0.1) is 0 Å². The Morgan fingerprint density at radius 2 is 1.44 bits per heavy atom. The van der Waals surface area contributed by atoms with Gasteiger partial charge in [-0.05, 0) is 42.5 Å². The molecule has 0 saturated carbocycles. The third-order valence-corrected chi connectivity index (χ3v) is 5.10. The van der Waals surface area contributed by atoms with Gasteiger partial charge in [-0.25, -0.2) is 18.4 Å². The van der Waals surface area contributed by atoms with E-state index in [2.05, 4.69) is 9.47 Å². The fraction of sp³-hybridized carbons (Fsp3) is 0.174. The van der Waals surface area contributed by atoms with Crippen molar-refractivity contribution in [3.63, 3.8) is 0 Å². The minimum atomic E-state index is -0.619. The first-order valence-corrected chi connectivity index (χ1v) is 9.38. The predicted octanol–water partition coefficient (Wildman–Crippen LogP) is 4.02. The average Bonchev–Trinajstić information content (AvgIpc) is 3.26. The second kappa shape index (κ2) is 9.01. The minimum Gasteiger partial charge on any atom is -0.464 e. The van der Waals surface area contributed by atoms with E-state index in [0.717, 1.165) is 5.52 Å². The lowest BCUT2D eigenvalue weighted by Crippen LogP contribution is -2.09. The number of hydrogen-bond acceptors (Lipinski definition) is 5. The molecule has 0 atom stereocenters. The summed E-state index contributed by atoms with van der Waals surface area (Å²) in [6.07, 6.45) is 0.536. The second-order valence-electron chi connectivity index (χ2n) is 6.88. The van der Waals surface area contributed by atoms with Gasteiger partial charge in [0.2, 0.25) is 0 Å². The number of hydrogen-bond donors (Lipinski definition) is 0. The number of aldehydes is 1. The Kier molecular flexibility index (Phi) is 6.38. The number of halogens is 2. The lowest BCUT2D eigenvalue weighted by atomic mass is 10.1. The quantitative estimate of drug-likeness (QED) is 0.354. The zero-order valence-corrected chi connectivity index (χ0v) is 17.8. The average molecular weight is 442 g/mol. The van der Waals surface area contributed by atoms with Crippen molar-refractivity contribution in [2.45, 2.75) is 0 Å². The van der Waals surface area contributed by atoms with E-state index in [9.17, 15) is 23.2 Å². The topological polar surface area (TPSA) is 79.5 Å². The highest BCUT2D eigenvalue weighted by Crippen LogP contribution is 2.25. The molecule has 0 aliphatic carbocycles. The molecule has 2 heterocycles. The van der Waals surface area contributed by atoms with Crippen LogP contribution < -0.4 is 0 Å². The SMILES string of the molecule is COC(=O)c1c(C=O)c2cc(F)ccc2n1C.COC(=O)c1cc2cc(F)ccc2n1C. The van der Waals surface area contributed by atoms with Gasteiger partial charge in [0.25, 0.3) is 0 Å². The summed E-state index contributed by atoms with van der Waals surface area (Å²) in [6, 6.07) is 10.0. The van der Waals surface area contributed by atoms with Crippen LogP contribution in [-0.4, -0.2) is 41.6 Å². The first-order chi connectivity index (χ1) is 15.2. The number of fused-ring (bicyclic) bond motifs is 2. The van der Waals surface area contributed by atoms with Crippen molar-refractivity contribution < 1.29 is 32.6 Å². The van der Waals surface area contributed by atoms with Crippen LogP contribution in [0.3, 0.4) is 0 Å². The summed E-state index contributed by atoms with van der Waals surface area (Å²) in [6.45, 7) is 0. The molecule has 0 bridgehead atoms. The first kappa shape index (κ1) is 22.7. The van der Waals surface area contributed by atoms with Crippen LogP contribution >= 0.6 is 0 Å². The van der Waals surface area contributed by atoms with Crippen LogP contribution in [0.15, 0.2) is 42.5 Å². The lowest BCUT2D eigenvalue weighted by Gasteiger charge is -2.02. The zero-order chi connectivity index (χ0) is 23.6. The minimum absolute atomic E-state index is 0.128. The van der Waals surface area contributed by atoms with Gasteiger partial charge in [0, 0.05) is 35.9 Å². The van der Waals surface area contributed by atoms with Crippen LogP contribution in [0.4, 0.5) is 8.78 Å². The Hall–Kier alpha value is -4.01. The van der Waals surface area contributed by atoms with Crippen LogP contribution in [0.1, 0.15) is 31.3 Å². The number of methoxy groups -OCH3 is 2. The number of carbonyl (C=O) groups excluding carboxylic acids is 3. The largest absolute Gasteiger partial charge is 0.464 e. The number of rotatable bonds is 3. The van der Waals surface area contributed by atoms with Crippen molar-refractivity contribution in [1.82, 2.24) is 9.13 Å². The number of benzene rings is 2. The molecular weight excluding hydrogens is 422 g/mol. The van der Waals surface area contributed by atoms with E-state index >= 15 is 0 Å². The normalized spacial score (nSPS) is 10.6. The molecule has 4 aromatic rings. The van der Waals surface area contributed by atoms with Crippen molar-refractivity contribution in [2.24, 2.45) is 14.1 Å². The van der Waals surface area contributed by atoms with Crippen molar-refractivity contribution in [3.05, 3.63) is 71.1 Å². The molecule has 0 spiro atoms. The molecular formula is C23H20F2N2O5. The fourth-order valence-electron chi connectivity index (χ4n) is 3.53. The highest BCUT2D eigenvalue weighted by Gasteiger charge is 2.21. The molecule has 0 aliphatic rings. The van der Waals surface area contributed by atoms with Crippen LogP contribution in [-0.2, 0) is 23.6 Å². The number of aromatic nitrogens is 2. The van der Waals surface area contributed by atoms with Crippen LogP contribution in [0, 0.1) is 11.6 Å².